The highest BCUT2D eigenvalue weighted by atomic mass is 31.2. The molecule has 0 radical (unpaired) electrons. The first-order valence-corrected chi connectivity index (χ1v) is 11.0. The van der Waals surface area contributed by atoms with E-state index in [1.165, 1.54) is 0 Å². The van der Waals surface area contributed by atoms with Gasteiger partial charge < -0.3 is 14.0 Å². The SMILES string of the molecule is CC(C)OC(=O)c1ccccc1OCP(=O)(c1ccccc1)c1ccccc1. The van der Waals surface area contributed by atoms with E-state index in [-0.39, 0.29) is 12.5 Å². The van der Waals surface area contributed by atoms with Crippen molar-refractivity contribution in [3.63, 3.8) is 0 Å². The van der Waals surface area contributed by atoms with Gasteiger partial charge in [0.05, 0.1) is 6.10 Å². The lowest BCUT2D eigenvalue weighted by Gasteiger charge is -2.21. The van der Waals surface area contributed by atoms with E-state index >= 15 is 0 Å². The predicted molar refractivity (Wildman–Crippen MR) is 112 cm³/mol. The molecule has 0 fully saturated rings. The van der Waals surface area contributed by atoms with Crippen molar-refractivity contribution < 1.29 is 18.8 Å². The van der Waals surface area contributed by atoms with Crippen LogP contribution in [0.5, 0.6) is 5.75 Å². The second-order valence-electron chi connectivity index (χ2n) is 6.63. The first-order chi connectivity index (χ1) is 13.5. The third-order valence-corrected chi connectivity index (χ3v) is 6.96. The fraction of sp³-hybridized carbons (Fsp3) is 0.174. The van der Waals surface area contributed by atoms with Gasteiger partial charge in [0.1, 0.15) is 17.7 Å². The van der Waals surface area contributed by atoms with Gasteiger partial charge in [0.15, 0.2) is 7.14 Å². The summed E-state index contributed by atoms with van der Waals surface area (Å²) >= 11 is 0. The molecule has 0 aliphatic carbocycles. The van der Waals surface area contributed by atoms with Gasteiger partial charge in [-0.05, 0) is 26.0 Å². The van der Waals surface area contributed by atoms with Gasteiger partial charge >= 0.3 is 5.97 Å². The third kappa shape index (κ3) is 4.52. The molecule has 28 heavy (non-hydrogen) atoms. The minimum absolute atomic E-state index is 0.0486. The van der Waals surface area contributed by atoms with Gasteiger partial charge in [-0.25, -0.2) is 4.79 Å². The average Bonchev–Trinajstić information content (AvgIpc) is 2.73. The first kappa shape index (κ1) is 19.9. The number of ether oxygens (including phenoxy) is 2. The number of esters is 1. The summed E-state index contributed by atoms with van der Waals surface area (Å²) in [4.78, 5) is 12.4. The molecule has 0 aliphatic heterocycles. The molecule has 0 saturated heterocycles. The summed E-state index contributed by atoms with van der Waals surface area (Å²) in [7, 11) is -3.04. The number of carbonyl (C=O) groups is 1. The lowest BCUT2D eigenvalue weighted by molar-refractivity contribution is 0.0374. The molecule has 0 spiro atoms. The Hall–Kier alpha value is -2.84. The van der Waals surface area contributed by atoms with E-state index in [9.17, 15) is 9.36 Å². The molecule has 4 nitrogen and oxygen atoms in total. The van der Waals surface area contributed by atoms with Crippen molar-refractivity contribution >= 4 is 23.7 Å². The van der Waals surface area contributed by atoms with E-state index in [2.05, 4.69) is 0 Å². The maximum atomic E-state index is 14.0. The van der Waals surface area contributed by atoms with Crippen LogP contribution in [0.2, 0.25) is 0 Å². The molecular formula is C23H23O4P. The van der Waals surface area contributed by atoms with Crippen LogP contribution in [0.1, 0.15) is 24.2 Å². The van der Waals surface area contributed by atoms with Crippen LogP contribution in [0.15, 0.2) is 84.9 Å². The molecule has 0 atom stereocenters. The second-order valence-corrected chi connectivity index (χ2v) is 9.40. The van der Waals surface area contributed by atoms with Gasteiger partial charge in [-0.3, -0.25) is 0 Å². The number of carbonyl (C=O) groups excluding carboxylic acids is 1. The lowest BCUT2D eigenvalue weighted by atomic mass is 10.2. The fourth-order valence-corrected chi connectivity index (χ4v) is 5.06. The number of benzene rings is 3. The first-order valence-electron chi connectivity index (χ1n) is 9.14. The van der Waals surface area contributed by atoms with E-state index in [1.807, 2.05) is 60.7 Å². The van der Waals surface area contributed by atoms with E-state index in [1.54, 1.807) is 38.1 Å². The largest absolute Gasteiger partial charge is 0.484 e. The van der Waals surface area contributed by atoms with Crippen LogP contribution < -0.4 is 15.3 Å². The highest BCUT2D eigenvalue weighted by Gasteiger charge is 2.29. The summed E-state index contributed by atoms with van der Waals surface area (Å²) in [6.45, 7) is 3.58. The Morgan fingerprint density at radius 1 is 0.821 bits per heavy atom. The van der Waals surface area contributed by atoms with E-state index in [0.29, 0.717) is 21.9 Å². The topological polar surface area (TPSA) is 52.6 Å². The summed E-state index contributed by atoms with van der Waals surface area (Å²) in [5.41, 5.74) is 0.323. The Morgan fingerprint density at radius 2 is 1.32 bits per heavy atom. The average molecular weight is 394 g/mol. The molecule has 0 bridgehead atoms. The molecule has 0 aliphatic rings. The molecular weight excluding hydrogens is 371 g/mol. The third-order valence-electron chi connectivity index (χ3n) is 4.20. The zero-order valence-electron chi connectivity index (χ0n) is 15.9. The number of para-hydroxylation sites is 1. The molecule has 3 aromatic carbocycles. The van der Waals surface area contributed by atoms with Gasteiger partial charge in [0.25, 0.3) is 0 Å². The maximum absolute atomic E-state index is 14.0. The van der Waals surface area contributed by atoms with Crippen molar-refractivity contribution in [2.75, 3.05) is 6.35 Å². The van der Waals surface area contributed by atoms with Crippen LogP contribution in [0.25, 0.3) is 0 Å². The molecule has 0 heterocycles. The normalized spacial score (nSPS) is 11.2. The Labute approximate surface area is 165 Å². The number of hydrogen-bond donors (Lipinski definition) is 0. The van der Waals surface area contributed by atoms with Gasteiger partial charge in [-0.2, -0.15) is 0 Å². The van der Waals surface area contributed by atoms with Gasteiger partial charge in [0, 0.05) is 10.6 Å². The minimum atomic E-state index is -3.04. The van der Waals surface area contributed by atoms with E-state index in [4.69, 9.17) is 9.47 Å². The van der Waals surface area contributed by atoms with E-state index < -0.39 is 13.1 Å². The standard InChI is InChI=1S/C23H23O4P/c1-18(2)27-23(24)21-15-9-10-16-22(21)26-17-28(25,19-11-5-3-6-12-19)20-13-7-4-8-14-20/h3-16,18H,17H2,1-2H3. The monoisotopic (exact) mass is 394 g/mol. The highest BCUT2D eigenvalue weighted by Crippen LogP contribution is 2.43. The molecule has 0 unspecified atom stereocenters. The molecule has 5 heteroatoms. The van der Waals surface area contributed by atoms with Gasteiger partial charge in [-0.15, -0.1) is 0 Å². The van der Waals surface area contributed by atoms with Gasteiger partial charge in [0.2, 0.25) is 0 Å². The zero-order chi connectivity index (χ0) is 20.0. The van der Waals surface area contributed by atoms with Crippen molar-refractivity contribution in [1.82, 2.24) is 0 Å². The maximum Gasteiger partial charge on any atom is 0.342 e. The summed E-state index contributed by atoms with van der Waals surface area (Å²) in [5, 5.41) is 1.42. The fourth-order valence-electron chi connectivity index (χ4n) is 2.83. The molecule has 3 rings (SSSR count). The lowest BCUT2D eigenvalue weighted by Crippen LogP contribution is -2.21. The van der Waals surface area contributed by atoms with Crippen LogP contribution in [-0.4, -0.2) is 18.4 Å². The Balaban J connectivity index is 1.93. The van der Waals surface area contributed by atoms with Crippen LogP contribution in [0.4, 0.5) is 0 Å². The zero-order valence-corrected chi connectivity index (χ0v) is 16.8. The van der Waals surface area contributed by atoms with Crippen molar-refractivity contribution in [1.29, 1.82) is 0 Å². The Kier molecular flexibility index (Phi) is 6.33. The highest BCUT2D eigenvalue weighted by molar-refractivity contribution is 7.78. The van der Waals surface area contributed by atoms with Crippen LogP contribution in [0.3, 0.4) is 0 Å². The van der Waals surface area contributed by atoms with Crippen molar-refractivity contribution in [2.24, 2.45) is 0 Å². The molecule has 0 aromatic heterocycles. The summed E-state index contributed by atoms with van der Waals surface area (Å²) in [6, 6.07) is 25.4. The summed E-state index contributed by atoms with van der Waals surface area (Å²) < 4.78 is 25.2. The predicted octanol–water partition coefficient (Wildman–Crippen LogP) is 4.60. The molecule has 0 amide bonds. The molecule has 0 N–H and O–H groups in total. The molecule has 144 valence electrons. The quantitative estimate of drug-likeness (QED) is 0.434. The molecule has 3 aromatic rings. The minimum Gasteiger partial charge on any atom is -0.484 e. The smallest absolute Gasteiger partial charge is 0.342 e. The second kappa shape index (κ2) is 8.90. The van der Waals surface area contributed by atoms with Crippen LogP contribution in [-0.2, 0) is 9.30 Å². The van der Waals surface area contributed by atoms with Crippen LogP contribution in [0, 0.1) is 0 Å². The van der Waals surface area contributed by atoms with Crippen molar-refractivity contribution in [2.45, 2.75) is 20.0 Å². The summed E-state index contributed by atoms with van der Waals surface area (Å²) in [6.07, 6.45) is -0.284. The van der Waals surface area contributed by atoms with Crippen molar-refractivity contribution in [3.05, 3.63) is 90.5 Å². The van der Waals surface area contributed by atoms with Crippen LogP contribution >= 0.6 is 7.14 Å². The Morgan fingerprint density at radius 3 is 1.86 bits per heavy atom. The number of hydrogen-bond acceptors (Lipinski definition) is 4. The number of rotatable bonds is 7. The van der Waals surface area contributed by atoms with Crippen molar-refractivity contribution in [3.8, 4) is 5.75 Å². The summed E-state index contributed by atoms with van der Waals surface area (Å²) in [5.74, 6) is -0.0971. The molecule has 0 saturated carbocycles. The Bertz CT molecular complexity index is 925. The van der Waals surface area contributed by atoms with E-state index in [0.717, 1.165) is 0 Å². The van der Waals surface area contributed by atoms with Gasteiger partial charge in [-0.1, -0.05) is 72.8 Å².